The highest BCUT2D eigenvalue weighted by molar-refractivity contribution is 5.89. The van der Waals surface area contributed by atoms with E-state index in [2.05, 4.69) is 10.1 Å². The summed E-state index contributed by atoms with van der Waals surface area (Å²) in [6.07, 6.45) is 1.27. The van der Waals surface area contributed by atoms with Crippen molar-refractivity contribution >= 4 is 39.5 Å². The number of hydrogen-bond donors (Lipinski definition) is 0. The van der Waals surface area contributed by atoms with E-state index in [0.29, 0.717) is 33.2 Å². The second kappa shape index (κ2) is 12.8. The molecule has 47 heavy (non-hydrogen) atoms. The van der Waals surface area contributed by atoms with Crippen LogP contribution in [0.3, 0.4) is 0 Å². The van der Waals surface area contributed by atoms with Crippen molar-refractivity contribution in [3.05, 3.63) is 127 Å². The Morgan fingerprint density at radius 2 is 1.72 bits per heavy atom. The van der Waals surface area contributed by atoms with Gasteiger partial charge in [-0.3, -0.25) is 25.0 Å². The van der Waals surface area contributed by atoms with Crippen LogP contribution >= 0.6 is 0 Å². The van der Waals surface area contributed by atoms with Crippen molar-refractivity contribution in [1.82, 2.24) is 9.66 Å². The summed E-state index contributed by atoms with van der Waals surface area (Å²) < 4.78 is 24.1. The zero-order valence-electron chi connectivity index (χ0n) is 25.0. The highest BCUT2D eigenvalue weighted by atomic mass is 16.6. The lowest BCUT2D eigenvalue weighted by molar-refractivity contribution is -0.386. The molecule has 0 amide bonds. The number of para-hydroxylation sites is 1. The van der Waals surface area contributed by atoms with Crippen LogP contribution in [-0.4, -0.2) is 39.4 Å². The quantitative estimate of drug-likeness (QED) is 0.0869. The van der Waals surface area contributed by atoms with Crippen molar-refractivity contribution in [2.24, 2.45) is 5.10 Å². The van der Waals surface area contributed by atoms with Gasteiger partial charge in [-0.05, 0) is 48.9 Å². The van der Waals surface area contributed by atoms with Gasteiger partial charge in [-0.15, -0.1) is 0 Å². The standard InChI is InChI=1S/C33H25N5O9/c1-3-45-29-16-21(15-26(38(42)43)31(29)46-19-20-8-6-9-22(14-20)37(40)41)18-34-36-32(35-25-11-5-4-10-23(25)33(36)39)30-17-24-27(44-2)12-7-13-28(24)47-30/h4-18H,3,19H2,1-2H3. The zero-order chi connectivity index (χ0) is 33.1. The number of fused-ring (bicyclic) bond motifs is 2. The molecule has 2 aromatic heterocycles. The fourth-order valence-corrected chi connectivity index (χ4v) is 4.98. The number of rotatable bonds is 11. The number of hydrogen-bond acceptors (Lipinski definition) is 11. The molecule has 0 N–H and O–H groups in total. The summed E-state index contributed by atoms with van der Waals surface area (Å²) in [5, 5.41) is 28.7. The smallest absolute Gasteiger partial charge is 0.315 e. The predicted octanol–water partition coefficient (Wildman–Crippen LogP) is 6.49. The van der Waals surface area contributed by atoms with Gasteiger partial charge in [0.05, 0.1) is 46.1 Å². The molecule has 0 bridgehead atoms. The SMILES string of the molecule is CCOc1cc(C=Nn2c(-c3cc4c(OC)cccc4o3)nc3ccccc3c2=O)cc([N+](=O)[O-])c1OCc1cccc([N+](=O)[O-])c1. The molecule has 2 heterocycles. The molecule has 0 fully saturated rings. The number of aromatic nitrogens is 2. The van der Waals surface area contributed by atoms with E-state index in [1.54, 1.807) is 61.5 Å². The topological polar surface area (TPSA) is 174 Å². The third-order valence-corrected chi connectivity index (χ3v) is 7.10. The lowest BCUT2D eigenvalue weighted by Gasteiger charge is -2.13. The summed E-state index contributed by atoms with van der Waals surface area (Å²) in [6, 6.07) is 22.2. The van der Waals surface area contributed by atoms with Gasteiger partial charge >= 0.3 is 5.69 Å². The minimum Gasteiger partial charge on any atom is -0.496 e. The molecule has 4 aromatic carbocycles. The summed E-state index contributed by atoms with van der Waals surface area (Å²) in [7, 11) is 1.54. The normalized spacial score (nSPS) is 11.3. The monoisotopic (exact) mass is 635 g/mol. The van der Waals surface area contributed by atoms with Crippen LogP contribution in [0.25, 0.3) is 33.5 Å². The van der Waals surface area contributed by atoms with Crippen LogP contribution in [0.5, 0.6) is 17.2 Å². The molecule has 0 aliphatic rings. The Kier molecular flexibility index (Phi) is 8.30. The Balaban J connectivity index is 1.44. The molecule has 6 rings (SSSR count). The number of benzene rings is 4. The fourth-order valence-electron chi connectivity index (χ4n) is 4.98. The Morgan fingerprint density at radius 3 is 2.49 bits per heavy atom. The van der Waals surface area contributed by atoms with E-state index in [0.717, 1.165) is 4.68 Å². The Hall–Kier alpha value is -6.57. The summed E-state index contributed by atoms with van der Waals surface area (Å²) >= 11 is 0. The summed E-state index contributed by atoms with van der Waals surface area (Å²) in [6.45, 7) is 1.66. The van der Waals surface area contributed by atoms with Gasteiger partial charge in [0.15, 0.2) is 11.5 Å². The van der Waals surface area contributed by atoms with Crippen LogP contribution in [0.1, 0.15) is 18.1 Å². The van der Waals surface area contributed by atoms with Crippen molar-refractivity contribution in [3.63, 3.8) is 0 Å². The third-order valence-electron chi connectivity index (χ3n) is 7.10. The molecule has 0 saturated carbocycles. The van der Waals surface area contributed by atoms with Gasteiger partial charge in [-0.25, -0.2) is 4.98 Å². The first-order valence-corrected chi connectivity index (χ1v) is 14.2. The second-order valence-electron chi connectivity index (χ2n) is 10.1. The molecular formula is C33H25N5O9. The summed E-state index contributed by atoms with van der Waals surface area (Å²) in [5.74, 6) is 0.790. The van der Waals surface area contributed by atoms with E-state index in [1.165, 1.54) is 43.7 Å². The number of nitro benzene ring substituents is 2. The molecular weight excluding hydrogens is 610 g/mol. The Labute approximate surface area is 265 Å². The van der Waals surface area contributed by atoms with E-state index in [9.17, 15) is 25.0 Å². The van der Waals surface area contributed by atoms with Crippen molar-refractivity contribution in [1.29, 1.82) is 0 Å². The molecule has 14 heteroatoms. The molecule has 0 atom stereocenters. The van der Waals surface area contributed by atoms with Crippen LogP contribution in [0, 0.1) is 20.2 Å². The molecule has 0 spiro atoms. The average Bonchev–Trinajstić information content (AvgIpc) is 3.52. The number of ether oxygens (including phenoxy) is 3. The first-order chi connectivity index (χ1) is 22.8. The predicted molar refractivity (Wildman–Crippen MR) is 172 cm³/mol. The third kappa shape index (κ3) is 6.07. The van der Waals surface area contributed by atoms with E-state index >= 15 is 0 Å². The van der Waals surface area contributed by atoms with Crippen molar-refractivity contribution in [2.45, 2.75) is 13.5 Å². The lowest BCUT2D eigenvalue weighted by Crippen LogP contribution is -2.20. The maximum Gasteiger partial charge on any atom is 0.315 e. The highest BCUT2D eigenvalue weighted by Gasteiger charge is 2.24. The number of non-ortho nitro benzene ring substituents is 1. The molecule has 6 aromatic rings. The van der Waals surface area contributed by atoms with Gasteiger partial charge in [-0.2, -0.15) is 9.78 Å². The van der Waals surface area contributed by atoms with Crippen LogP contribution in [0.4, 0.5) is 11.4 Å². The van der Waals surface area contributed by atoms with E-state index < -0.39 is 21.1 Å². The number of nitrogens with zero attached hydrogens (tertiary/aromatic N) is 5. The fraction of sp³-hybridized carbons (Fsp3) is 0.121. The molecule has 0 aliphatic carbocycles. The van der Waals surface area contributed by atoms with Gasteiger partial charge in [0.2, 0.25) is 11.6 Å². The van der Waals surface area contributed by atoms with Gasteiger partial charge in [0, 0.05) is 23.8 Å². The molecule has 236 valence electrons. The van der Waals surface area contributed by atoms with Gasteiger partial charge < -0.3 is 18.6 Å². The highest BCUT2D eigenvalue weighted by Crippen LogP contribution is 2.39. The first-order valence-electron chi connectivity index (χ1n) is 14.2. The Bertz CT molecular complexity index is 2260. The van der Waals surface area contributed by atoms with Crippen molar-refractivity contribution in [3.8, 4) is 28.8 Å². The minimum atomic E-state index is -0.639. The summed E-state index contributed by atoms with van der Waals surface area (Å²) in [4.78, 5) is 40.6. The van der Waals surface area contributed by atoms with Crippen molar-refractivity contribution in [2.75, 3.05) is 13.7 Å². The Morgan fingerprint density at radius 1 is 0.915 bits per heavy atom. The molecule has 0 aliphatic heterocycles. The van der Waals surface area contributed by atoms with Crippen LogP contribution in [-0.2, 0) is 6.61 Å². The largest absolute Gasteiger partial charge is 0.496 e. The lowest BCUT2D eigenvalue weighted by atomic mass is 10.1. The molecule has 0 unspecified atom stereocenters. The maximum absolute atomic E-state index is 13.7. The summed E-state index contributed by atoms with van der Waals surface area (Å²) in [5.41, 5.74) is 0.514. The maximum atomic E-state index is 13.7. The van der Waals surface area contributed by atoms with Crippen LogP contribution < -0.4 is 19.8 Å². The van der Waals surface area contributed by atoms with Gasteiger partial charge in [0.1, 0.15) is 17.9 Å². The van der Waals surface area contributed by atoms with E-state index in [4.69, 9.17) is 18.6 Å². The second-order valence-corrected chi connectivity index (χ2v) is 10.1. The number of furan rings is 1. The molecule has 14 nitrogen and oxygen atoms in total. The van der Waals surface area contributed by atoms with E-state index in [1.807, 2.05) is 0 Å². The van der Waals surface area contributed by atoms with Gasteiger partial charge in [-0.1, -0.05) is 30.3 Å². The molecule has 0 saturated heterocycles. The van der Waals surface area contributed by atoms with Crippen molar-refractivity contribution < 1.29 is 28.5 Å². The average molecular weight is 636 g/mol. The van der Waals surface area contributed by atoms with E-state index in [-0.39, 0.29) is 47.5 Å². The zero-order valence-corrected chi connectivity index (χ0v) is 25.0. The number of methoxy groups -OCH3 is 1. The van der Waals surface area contributed by atoms with Crippen LogP contribution in [0.2, 0.25) is 0 Å². The van der Waals surface area contributed by atoms with Crippen LogP contribution in [0.15, 0.2) is 99.2 Å². The van der Waals surface area contributed by atoms with Gasteiger partial charge in [0.25, 0.3) is 11.2 Å². The molecule has 0 radical (unpaired) electrons. The first kappa shape index (κ1) is 30.5. The number of nitro groups is 2. The minimum absolute atomic E-state index is 0.0437.